The van der Waals surface area contributed by atoms with Gasteiger partial charge < -0.3 is 20.8 Å². The van der Waals surface area contributed by atoms with E-state index in [1.807, 2.05) is 19.0 Å². The van der Waals surface area contributed by atoms with Crippen molar-refractivity contribution in [3.05, 3.63) is 28.8 Å². The molecule has 1 aromatic carbocycles. The molecule has 2 fully saturated rings. The Labute approximate surface area is 178 Å². The number of hydrogen-bond donors (Lipinski definition) is 3. The molecule has 1 amide bonds. The van der Waals surface area contributed by atoms with E-state index in [-0.39, 0.29) is 24.2 Å². The molecule has 2 saturated carbocycles. The highest BCUT2D eigenvalue weighted by Crippen LogP contribution is 2.50. The van der Waals surface area contributed by atoms with Gasteiger partial charge in [-0.15, -0.1) is 0 Å². The summed E-state index contributed by atoms with van der Waals surface area (Å²) in [6, 6.07) is 3.13. The second kappa shape index (κ2) is 7.06. The third-order valence-electron chi connectivity index (χ3n) is 6.87. The zero-order valence-electron chi connectivity index (χ0n) is 17.3. The monoisotopic (exact) mass is 428 g/mol. The van der Waals surface area contributed by atoms with Crippen molar-refractivity contribution in [1.29, 1.82) is 0 Å². The molecule has 4 rings (SSSR count). The number of nitrogens with zero attached hydrogens (tertiary/aromatic N) is 1. The van der Waals surface area contributed by atoms with Crippen LogP contribution in [0.15, 0.2) is 12.1 Å². The van der Waals surface area contributed by atoms with Crippen molar-refractivity contribution in [3.63, 3.8) is 0 Å². The number of primary amides is 1. The maximum atomic E-state index is 13.4. The van der Waals surface area contributed by atoms with Crippen LogP contribution in [0.2, 0.25) is 0 Å². The molecular weight excluding hydrogens is 404 g/mol. The number of carbonyl (C=O) groups excluding carboxylic acids is 5. The fraction of sp³-hybridized carbons (Fsp3) is 0.500. The van der Waals surface area contributed by atoms with E-state index in [9.17, 15) is 34.2 Å². The van der Waals surface area contributed by atoms with Gasteiger partial charge in [-0.1, -0.05) is 6.07 Å². The van der Waals surface area contributed by atoms with Crippen LogP contribution in [0, 0.1) is 23.7 Å². The number of aromatic hydroxyl groups is 1. The van der Waals surface area contributed by atoms with E-state index in [1.54, 1.807) is 6.07 Å². The van der Waals surface area contributed by atoms with E-state index in [0.29, 0.717) is 18.5 Å². The second-order valence-corrected chi connectivity index (χ2v) is 9.07. The summed E-state index contributed by atoms with van der Waals surface area (Å²) >= 11 is 0. The van der Waals surface area contributed by atoms with Gasteiger partial charge in [-0.3, -0.25) is 24.0 Å². The van der Waals surface area contributed by atoms with Gasteiger partial charge in [0, 0.05) is 18.9 Å². The minimum atomic E-state index is -2.61. The molecule has 9 heteroatoms. The van der Waals surface area contributed by atoms with Crippen molar-refractivity contribution in [2.24, 2.45) is 29.4 Å². The minimum absolute atomic E-state index is 0.0294. The third-order valence-corrected chi connectivity index (χ3v) is 6.87. The number of benzene rings is 1. The Kier molecular flexibility index (Phi) is 4.86. The fourth-order valence-corrected chi connectivity index (χ4v) is 5.52. The number of phenolic OH excluding ortho intramolecular Hbond substituents is 1. The van der Waals surface area contributed by atoms with Crippen molar-refractivity contribution < 1.29 is 34.2 Å². The second-order valence-electron chi connectivity index (χ2n) is 9.07. The fourth-order valence-electron chi connectivity index (χ4n) is 5.52. The van der Waals surface area contributed by atoms with Crippen LogP contribution in [-0.2, 0) is 32.1 Å². The topological polar surface area (TPSA) is 155 Å². The molecule has 1 aromatic rings. The molecule has 0 bridgehead atoms. The van der Waals surface area contributed by atoms with Crippen LogP contribution in [0.3, 0.4) is 0 Å². The Morgan fingerprint density at radius 1 is 1.16 bits per heavy atom. The lowest BCUT2D eigenvalue weighted by molar-refractivity contribution is -0.175. The Morgan fingerprint density at radius 3 is 2.45 bits per heavy atom. The summed E-state index contributed by atoms with van der Waals surface area (Å²) in [5.41, 5.74) is 4.06. The number of Topliss-reactive ketones (excluding diaryl/α,β-unsaturated/α-hetero) is 4. The number of carbonyl (C=O) groups is 5. The number of phenols is 1. The smallest absolute Gasteiger partial charge is 0.235 e. The Balaban J connectivity index is 1.80. The predicted octanol–water partition coefficient (Wildman–Crippen LogP) is -0.611. The molecule has 3 aliphatic rings. The largest absolute Gasteiger partial charge is 0.507 e. The van der Waals surface area contributed by atoms with Crippen LogP contribution in [0.1, 0.15) is 34.3 Å². The van der Waals surface area contributed by atoms with E-state index in [2.05, 4.69) is 0 Å². The Morgan fingerprint density at radius 2 is 1.84 bits per heavy atom. The van der Waals surface area contributed by atoms with Crippen LogP contribution in [0.25, 0.3) is 0 Å². The number of amides is 1. The van der Waals surface area contributed by atoms with Crippen molar-refractivity contribution in [3.8, 4) is 5.75 Å². The summed E-state index contributed by atoms with van der Waals surface area (Å²) in [7, 11) is 3.73. The van der Waals surface area contributed by atoms with Gasteiger partial charge in [-0.25, -0.2) is 0 Å². The number of hydrogen-bond acceptors (Lipinski definition) is 8. The number of fused-ring (bicyclic) bond motifs is 3. The first kappa shape index (κ1) is 21.3. The highest BCUT2D eigenvalue weighted by molar-refractivity contribution is 6.31. The summed E-state index contributed by atoms with van der Waals surface area (Å²) in [6.07, 6.45) is 0.0534. The van der Waals surface area contributed by atoms with Gasteiger partial charge in [-0.2, -0.15) is 0 Å². The molecule has 0 aliphatic heterocycles. The van der Waals surface area contributed by atoms with Crippen LogP contribution < -0.4 is 5.73 Å². The summed E-state index contributed by atoms with van der Waals surface area (Å²) < 4.78 is 0. The Hall–Kier alpha value is -2.91. The quantitative estimate of drug-likeness (QED) is 0.539. The van der Waals surface area contributed by atoms with Crippen LogP contribution in [0.4, 0.5) is 0 Å². The Bertz CT molecular complexity index is 1050. The average Bonchev–Trinajstić information content (AvgIpc) is 2.66. The molecule has 0 spiro atoms. The zero-order valence-corrected chi connectivity index (χ0v) is 17.3. The van der Waals surface area contributed by atoms with Crippen molar-refractivity contribution in [2.75, 3.05) is 14.1 Å². The standard InChI is InChI=1S/C22H24N2O7/c1-24(2)8-9-3-4-13(25)16-12(9)6-10-5-11-7-14(26)17(21(23)30)20(29)22(11,31)19(28)15(10)18(16)27/h3-4,10-11,15,17,25,31H,5-8H2,1-2H3,(H2,23,30)/t10-,11+,15?,17?,22+/m1/s1. The van der Waals surface area contributed by atoms with E-state index < -0.39 is 58.3 Å². The third kappa shape index (κ3) is 2.95. The number of nitrogens with two attached hydrogens (primary N) is 1. The van der Waals surface area contributed by atoms with Crippen LogP contribution >= 0.6 is 0 Å². The molecule has 31 heavy (non-hydrogen) atoms. The van der Waals surface area contributed by atoms with Gasteiger partial charge in [-0.05, 0) is 50.0 Å². The first-order valence-corrected chi connectivity index (χ1v) is 10.1. The van der Waals surface area contributed by atoms with Crippen molar-refractivity contribution in [2.45, 2.75) is 31.4 Å². The lowest BCUT2D eigenvalue weighted by Crippen LogP contribution is -2.68. The predicted molar refractivity (Wildman–Crippen MR) is 106 cm³/mol. The molecule has 2 unspecified atom stereocenters. The minimum Gasteiger partial charge on any atom is -0.507 e. The highest BCUT2D eigenvalue weighted by Gasteiger charge is 2.66. The number of rotatable bonds is 3. The molecule has 4 N–H and O–H groups in total. The molecule has 5 atom stereocenters. The molecule has 0 saturated heterocycles. The molecule has 164 valence electrons. The van der Waals surface area contributed by atoms with Gasteiger partial charge in [0.25, 0.3) is 0 Å². The van der Waals surface area contributed by atoms with E-state index >= 15 is 0 Å². The lowest BCUT2D eigenvalue weighted by atomic mass is 9.53. The van der Waals surface area contributed by atoms with Gasteiger partial charge in [0.15, 0.2) is 34.7 Å². The summed E-state index contributed by atoms with van der Waals surface area (Å²) in [4.78, 5) is 65.4. The van der Waals surface area contributed by atoms with Gasteiger partial charge in [0.2, 0.25) is 5.91 Å². The van der Waals surface area contributed by atoms with Gasteiger partial charge in [0.05, 0.1) is 11.5 Å². The normalized spacial score (nSPS) is 32.5. The average molecular weight is 428 g/mol. The maximum Gasteiger partial charge on any atom is 0.235 e. The molecule has 0 heterocycles. The van der Waals surface area contributed by atoms with E-state index in [4.69, 9.17) is 5.73 Å². The summed E-state index contributed by atoms with van der Waals surface area (Å²) in [6.45, 7) is 0.520. The van der Waals surface area contributed by atoms with Crippen molar-refractivity contribution in [1.82, 2.24) is 4.90 Å². The molecule has 9 nitrogen and oxygen atoms in total. The summed E-state index contributed by atoms with van der Waals surface area (Å²) in [5, 5.41) is 21.5. The highest BCUT2D eigenvalue weighted by atomic mass is 16.3. The SMILES string of the molecule is CN(C)Cc1ccc(O)c2c1C[C@H]1C[C@H]3CC(=O)C(C(N)=O)C(=O)[C@@]3(O)C(=O)C1C2=O. The van der Waals surface area contributed by atoms with Gasteiger partial charge >= 0.3 is 0 Å². The molecule has 0 radical (unpaired) electrons. The zero-order chi connectivity index (χ0) is 22.8. The first-order chi connectivity index (χ1) is 14.5. The lowest BCUT2D eigenvalue weighted by Gasteiger charge is -2.48. The molecular formula is C22H24N2O7. The van der Waals surface area contributed by atoms with E-state index in [1.165, 1.54) is 6.07 Å². The summed E-state index contributed by atoms with van der Waals surface area (Å²) in [5.74, 6) is -9.86. The molecule has 3 aliphatic carbocycles. The van der Waals surface area contributed by atoms with Crippen LogP contribution in [0.5, 0.6) is 5.75 Å². The number of ketones is 4. The maximum absolute atomic E-state index is 13.4. The molecule has 0 aromatic heterocycles. The number of aliphatic hydroxyl groups is 1. The van der Waals surface area contributed by atoms with E-state index in [0.717, 1.165) is 5.56 Å². The van der Waals surface area contributed by atoms with Crippen LogP contribution in [-0.4, -0.2) is 63.8 Å². The van der Waals surface area contributed by atoms with Gasteiger partial charge in [0.1, 0.15) is 5.75 Å². The first-order valence-electron chi connectivity index (χ1n) is 10.1. The van der Waals surface area contributed by atoms with Crippen molar-refractivity contribution >= 4 is 29.0 Å².